The van der Waals surface area contributed by atoms with Crippen molar-refractivity contribution < 1.29 is 14.3 Å². The smallest absolute Gasteiger partial charge is 0.262 e. The predicted octanol–water partition coefficient (Wildman–Crippen LogP) is 5.62. The minimum atomic E-state index is -0.209. The lowest BCUT2D eigenvalue weighted by Gasteiger charge is -2.10. The Labute approximate surface area is 159 Å². The number of carbonyl (C=O) groups excluding carboxylic acids is 1. The van der Waals surface area contributed by atoms with Gasteiger partial charge in [0.2, 0.25) is 0 Å². The number of benzene rings is 3. The summed E-state index contributed by atoms with van der Waals surface area (Å²) >= 11 is 0. The fourth-order valence-corrected chi connectivity index (χ4v) is 2.53. The second kappa shape index (κ2) is 8.90. The van der Waals surface area contributed by atoms with E-state index in [1.54, 1.807) is 12.1 Å². The van der Waals surface area contributed by atoms with Gasteiger partial charge in [-0.1, -0.05) is 44.2 Å². The van der Waals surface area contributed by atoms with Crippen LogP contribution in [-0.4, -0.2) is 12.5 Å². The van der Waals surface area contributed by atoms with E-state index in [4.69, 9.17) is 9.47 Å². The van der Waals surface area contributed by atoms with Crippen molar-refractivity contribution in [2.24, 2.45) is 0 Å². The molecule has 0 saturated heterocycles. The minimum absolute atomic E-state index is 0.0384. The number of carbonyl (C=O) groups is 1. The molecule has 4 nitrogen and oxygen atoms in total. The third-order valence-electron chi connectivity index (χ3n) is 4.03. The summed E-state index contributed by atoms with van der Waals surface area (Å²) in [5.41, 5.74) is 1.93. The third kappa shape index (κ3) is 5.61. The van der Waals surface area contributed by atoms with E-state index in [2.05, 4.69) is 19.2 Å². The molecule has 1 N–H and O–H groups in total. The van der Waals surface area contributed by atoms with E-state index in [1.807, 2.05) is 66.7 Å². The van der Waals surface area contributed by atoms with Crippen LogP contribution >= 0.6 is 0 Å². The molecule has 0 unspecified atom stereocenters. The Morgan fingerprint density at radius 3 is 2.04 bits per heavy atom. The van der Waals surface area contributed by atoms with Crippen LogP contribution in [0, 0.1) is 0 Å². The molecule has 0 heterocycles. The lowest BCUT2D eigenvalue weighted by atomic mass is 10.0. The van der Waals surface area contributed by atoms with Crippen LogP contribution in [0.25, 0.3) is 0 Å². The van der Waals surface area contributed by atoms with Crippen molar-refractivity contribution in [2.75, 3.05) is 11.9 Å². The van der Waals surface area contributed by atoms with Crippen LogP contribution in [0.5, 0.6) is 17.2 Å². The lowest BCUT2D eigenvalue weighted by Crippen LogP contribution is -2.20. The molecule has 1 amide bonds. The van der Waals surface area contributed by atoms with Gasteiger partial charge in [-0.2, -0.15) is 0 Å². The molecule has 0 aliphatic rings. The second-order valence-electron chi connectivity index (χ2n) is 6.50. The van der Waals surface area contributed by atoms with Gasteiger partial charge < -0.3 is 14.8 Å². The first-order valence-electron chi connectivity index (χ1n) is 8.96. The molecule has 3 aromatic rings. The average Bonchev–Trinajstić information content (AvgIpc) is 2.69. The number of nitrogens with one attached hydrogen (secondary N) is 1. The summed E-state index contributed by atoms with van der Waals surface area (Å²) in [6, 6.07) is 24.6. The normalized spacial score (nSPS) is 10.5. The molecule has 0 saturated carbocycles. The van der Waals surface area contributed by atoms with Crippen LogP contribution < -0.4 is 14.8 Å². The highest BCUT2D eigenvalue weighted by Crippen LogP contribution is 2.23. The molecular weight excluding hydrogens is 338 g/mol. The number of amides is 1. The number of hydrogen-bond acceptors (Lipinski definition) is 3. The van der Waals surface area contributed by atoms with Crippen molar-refractivity contribution in [1.29, 1.82) is 0 Å². The van der Waals surface area contributed by atoms with Gasteiger partial charge in [0, 0.05) is 5.69 Å². The minimum Gasteiger partial charge on any atom is -0.484 e. The predicted molar refractivity (Wildman–Crippen MR) is 108 cm³/mol. The fourth-order valence-electron chi connectivity index (χ4n) is 2.53. The molecule has 0 spiro atoms. The van der Waals surface area contributed by atoms with Gasteiger partial charge in [0.25, 0.3) is 5.91 Å². The molecule has 3 aromatic carbocycles. The van der Waals surface area contributed by atoms with Gasteiger partial charge in [-0.05, 0) is 60.0 Å². The molecule has 0 aromatic heterocycles. The van der Waals surface area contributed by atoms with Crippen LogP contribution in [0.15, 0.2) is 78.9 Å². The Morgan fingerprint density at radius 2 is 1.41 bits per heavy atom. The standard InChI is InChI=1S/C23H23NO3/c1-17(2)18-8-12-20(13-9-18)26-16-23(25)24-19-10-14-22(15-11-19)27-21-6-4-3-5-7-21/h3-15,17H,16H2,1-2H3,(H,24,25). The van der Waals surface area contributed by atoms with Crippen molar-refractivity contribution in [3.05, 3.63) is 84.4 Å². The van der Waals surface area contributed by atoms with Gasteiger partial charge in [0.1, 0.15) is 17.2 Å². The number of anilines is 1. The topological polar surface area (TPSA) is 47.6 Å². The maximum Gasteiger partial charge on any atom is 0.262 e. The average molecular weight is 361 g/mol. The molecule has 0 radical (unpaired) electrons. The summed E-state index contributed by atoms with van der Waals surface area (Å²) in [7, 11) is 0. The van der Waals surface area contributed by atoms with Gasteiger partial charge in [-0.15, -0.1) is 0 Å². The second-order valence-corrected chi connectivity index (χ2v) is 6.50. The Morgan fingerprint density at radius 1 is 0.815 bits per heavy atom. The Hall–Kier alpha value is -3.27. The van der Waals surface area contributed by atoms with Gasteiger partial charge in [0.05, 0.1) is 0 Å². The van der Waals surface area contributed by atoms with Gasteiger partial charge in [-0.25, -0.2) is 0 Å². The maximum absolute atomic E-state index is 12.1. The van der Waals surface area contributed by atoms with E-state index in [0.717, 1.165) is 5.75 Å². The Kier molecular flexibility index (Phi) is 6.10. The molecule has 0 fully saturated rings. The highest BCUT2D eigenvalue weighted by Gasteiger charge is 2.05. The van der Waals surface area contributed by atoms with Crippen molar-refractivity contribution in [3.63, 3.8) is 0 Å². The van der Waals surface area contributed by atoms with E-state index >= 15 is 0 Å². The number of ether oxygens (including phenoxy) is 2. The molecule has 0 bridgehead atoms. The zero-order valence-corrected chi connectivity index (χ0v) is 15.5. The number of para-hydroxylation sites is 1. The molecule has 138 valence electrons. The van der Waals surface area contributed by atoms with Crippen LogP contribution in [0.2, 0.25) is 0 Å². The quantitative estimate of drug-likeness (QED) is 0.594. The van der Waals surface area contributed by atoms with Gasteiger partial charge in [-0.3, -0.25) is 4.79 Å². The lowest BCUT2D eigenvalue weighted by molar-refractivity contribution is -0.118. The van der Waals surface area contributed by atoms with E-state index in [9.17, 15) is 4.79 Å². The first-order valence-corrected chi connectivity index (χ1v) is 8.96. The Balaban J connectivity index is 1.49. The van der Waals surface area contributed by atoms with Crippen LogP contribution in [0.3, 0.4) is 0 Å². The number of rotatable bonds is 7. The van der Waals surface area contributed by atoms with E-state index < -0.39 is 0 Å². The zero-order chi connectivity index (χ0) is 19.1. The molecular formula is C23H23NO3. The largest absolute Gasteiger partial charge is 0.484 e. The van der Waals surface area contributed by atoms with Crippen LogP contribution in [-0.2, 0) is 4.79 Å². The highest BCUT2D eigenvalue weighted by molar-refractivity contribution is 5.91. The summed E-state index contributed by atoms with van der Waals surface area (Å²) in [5.74, 6) is 2.42. The molecule has 3 rings (SSSR count). The van der Waals surface area contributed by atoms with E-state index in [-0.39, 0.29) is 12.5 Å². The third-order valence-corrected chi connectivity index (χ3v) is 4.03. The molecule has 27 heavy (non-hydrogen) atoms. The van der Waals surface area contributed by atoms with Crippen molar-refractivity contribution in [1.82, 2.24) is 0 Å². The van der Waals surface area contributed by atoms with E-state index in [1.165, 1.54) is 5.56 Å². The zero-order valence-electron chi connectivity index (χ0n) is 15.5. The van der Waals surface area contributed by atoms with Gasteiger partial charge in [0.15, 0.2) is 6.61 Å². The summed E-state index contributed by atoms with van der Waals surface area (Å²) < 4.78 is 11.3. The highest BCUT2D eigenvalue weighted by atomic mass is 16.5. The van der Waals surface area contributed by atoms with Gasteiger partial charge >= 0.3 is 0 Å². The SMILES string of the molecule is CC(C)c1ccc(OCC(=O)Nc2ccc(Oc3ccccc3)cc2)cc1. The van der Waals surface area contributed by atoms with Crippen LogP contribution in [0.1, 0.15) is 25.3 Å². The molecule has 0 atom stereocenters. The summed E-state index contributed by atoms with van der Waals surface area (Å²) in [6.45, 7) is 4.24. The Bertz CT molecular complexity index is 856. The maximum atomic E-state index is 12.1. The monoisotopic (exact) mass is 361 g/mol. The first-order chi connectivity index (χ1) is 13.1. The molecule has 0 aliphatic carbocycles. The van der Waals surface area contributed by atoms with Crippen molar-refractivity contribution in [3.8, 4) is 17.2 Å². The first kappa shape index (κ1) is 18.5. The summed E-state index contributed by atoms with van der Waals surface area (Å²) in [5, 5.41) is 2.81. The van der Waals surface area contributed by atoms with Crippen LogP contribution in [0.4, 0.5) is 5.69 Å². The number of hydrogen-bond donors (Lipinski definition) is 1. The fraction of sp³-hybridized carbons (Fsp3) is 0.174. The summed E-state index contributed by atoms with van der Waals surface area (Å²) in [4.78, 5) is 12.1. The summed E-state index contributed by atoms with van der Waals surface area (Å²) in [6.07, 6.45) is 0. The van der Waals surface area contributed by atoms with Crippen molar-refractivity contribution >= 4 is 11.6 Å². The molecule has 0 aliphatic heterocycles. The van der Waals surface area contributed by atoms with E-state index in [0.29, 0.717) is 23.1 Å². The van der Waals surface area contributed by atoms with Crippen molar-refractivity contribution in [2.45, 2.75) is 19.8 Å². The molecule has 4 heteroatoms.